The van der Waals surface area contributed by atoms with E-state index in [0.717, 1.165) is 12.8 Å². The smallest absolute Gasteiger partial charge is 0.332 e. The molecule has 2 N–H and O–H groups in total. The first kappa shape index (κ1) is 27.2. The molecule has 0 spiro atoms. The summed E-state index contributed by atoms with van der Waals surface area (Å²) in [6.45, 7) is 2.28. The lowest BCUT2D eigenvalue weighted by atomic mass is 10.0. The Balaban J connectivity index is 3.10. The summed E-state index contributed by atoms with van der Waals surface area (Å²) in [5.41, 5.74) is 0. The highest BCUT2D eigenvalue weighted by atomic mass is 16.4. The van der Waals surface area contributed by atoms with Crippen molar-refractivity contribution >= 4 is 5.97 Å². The highest BCUT2D eigenvalue weighted by Crippen LogP contribution is 2.14. The summed E-state index contributed by atoms with van der Waals surface area (Å²) in [6, 6.07) is 0. The maximum Gasteiger partial charge on any atom is 0.332 e. The molecule has 166 valence electrons. The van der Waals surface area contributed by atoms with Gasteiger partial charge in [0.15, 0.2) is 6.10 Å². The molecule has 0 aromatic heterocycles. The largest absolute Gasteiger partial charge is 0.479 e. The van der Waals surface area contributed by atoms with Crippen molar-refractivity contribution in [2.75, 3.05) is 0 Å². The highest BCUT2D eigenvalue weighted by molar-refractivity contribution is 5.72. The molecule has 0 rings (SSSR count). The van der Waals surface area contributed by atoms with Crippen LogP contribution in [0.25, 0.3) is 0 Å². The second kappa shape index (κ2) is 22.5. The number of aliphatic carboxylic acids is 1. The van der Waals surface area contributed by atoms with E-state index in [9.17, 15) is 4.79 Å². The SMILES string of the molecule is CCCCCCCCCCCCCCCCCCCCC=CCC(O)C(=O)O. The van der Waals surface area contributed by atoms with E-state index in [-0.39, 0.29) is 6.42 Å². The van der Waals surface area contributed by atoms with Gasteiger partial charge < -0.3 is 10.2 Å². The van der Waals surface area contributed by atoms with Crippen LogP contribution >= 0.6 is 0 Å². The molecule has 0 fully saturated rings. The number of carboxylic acid groups (broad SMARTS) is 1. The first-order valence-corrected chi connectivity index (χ1v) is 12.2. The zero-order valence-corrected chi connectivity index (χ0v) is 18.7. The van der Waals surface area contributed by atoms with Crippen molar-refractivity contribution in [2.24, 2.45) is 0 Å². The van der Waals surface area contributed by atoms with Crippen molar-refractivity contribution in [3.05, 3.63) is 12.2 Å². The Morgan fingerprint density at radius 3 is 1.36 bits per heavy atom. The molecule has 3 nitrogen and oxygen atoms in total. The van der Waals surface area contributed by atoms with Gasteiger partial charge in [0.2, 0.25) is 0 Å². The van der Waals surface area contributed by atoms with Crippen molar-refractivity contribution in [3.8, 4) is 0 Å². The third kappa shape index (κ3) is 21.5. The molecule has 0 aliphatic rings. The van der Waals surface area contributed by atoms with E-state index in [1.54, 1.807) is 6.08 Å². The zero-order chi connectivity index (χ0) is 20.7. The monoisotopic (exact) mass is 396 g/mol. The standard InChI is InChI=1S/C25H48O3/c1-2-3-4-5-6-7-8-9-10-11-12-13-14-15-16-17-18-19-20-21-22-23-24(26)25(27)28/h21-22,24,26H,2-20,23H2,1H3,(H,27,28). The first-order chi connectivity index (χ1) is 13.7. The van der Waals surface area contributed by atoms with E-state index >= 15 is 0 Å². The zero-order valence-electron chi connectivity index (χ0n) is 18.7. The highest BCUT2D eigenvalue weighted by Gasteiger charge is 2.09. The lowest BCUT2D eigenvalue weighted by Crippen LogP contribution is -2.17. The van der Waals surface area contributed by atoms with Crippen LogP contribution in [0.3, 0.4) is 0 Å². The third-order valence-electron chi connectivity index (χ3n) is 5.54. The van der Waals surface area contributed by atoms with Gasteiger partial charge in [0.1, 0.15) is 0 Å². The van der Waals surface area contributed by atoms with Gasteiger partial charge in [-0.1, -0.05) is 128 Å². The summed E-state index contributed by atoms with van der Waals surface area (Å²) in [4.78, 5) is 10.5. The van der Waals surface area contributed by atoms with Crippen LogP contribution in [0.5, 0.6) is 0 Å². The number of aliphatic hydroxyl groups excluding tert-OH is 1. The normalized spacial score (nSPS) is 12.6. The summed E-state index contributed by atoms with van der Waals surface area (Å²) in [5, 5.41) is 17.7. The average molecular weight is 397 g/mol. The van der Waals surface area contributed by atoms with Crippen LogP contribution in [0.1, 0.15) is 135 Å². The van der Waals surface area contributed by atoms with Crippen molar-refractivity contribution in [1.29, 1.82) is 0 Å². The summed E-state index contributed by atoms with van der Waals surface area (Å²) in [7, 11) is 0. The van der Waals surface area contributed by atoms with Crippen LogP contribution < -0.4 is 0 Å². The van der Waals surface area contributed by atoms with Gasteiger partial charge in [-0.2, -0.15) is 0 Å². The summed E-state index contributed by atoms with van der Waals surface area (Å²) >= 11 is 0. The minimum Gasteiger partial charge on any atom is -0.479 e. The van der Waals surface area contributed by atoms with E-state index < -0.39 is 12.1 Å². The number of hydrogen-bond acceptors (Lipinski definition) is 2. The van der Waals surface area contributed by atoms with Gasteiger partial charge >= 0.3 is 5.97 Å². The molecule has 0 aliphatic carbocycles. The summed E-state index contributed by atoms with van der Waals surface area (Å²) in [6.07, 6.45) is 28.7. The molecular weight excluding hydrogens is 348 g/mol. The average Bonchev–Trinajstić information content (AvgIpc) is 2.68. The van der Waals surface area contributed by atoms with E-state index in [4.69, 9.17) is 10.2 Å². The van der Waals surface area contributed by atoms with Crippen molar-refractivity contribution < 1.29 is 15.0 Å². The predicted octanol–water partition coefficient (Wildman–Crippen LogP) is 7.81. The molecule has 0 aromatic rings. The van der Waals surface area contributed by atoms with Gasteiger partial charge in [-0.25, -0.2) is 4.79 Å². The topological polar surface area (TPSA) is 57.5 Å². The Bertz CT molecular complexity index is 352. The van der Waals surface area contributed by atoms with Crippen LogP contribution in [0.15, 0.2) is 12.2 Å². The first-order valence-electron chi connectivity index (χ1n) is 12.2. The van der Waals surface area contributed by atoms with Crippen LogP contribution in [-0.2, 0) is 4.79 Å². The molecule has 0 aromatic carbocycles. The number of allylic oxidation sites excluding steroid dienone is 1. The number of rotatable bonds is 22. The lowest BCUT2D eigenvalue weighted by molar-refractivity contribution is -0.146. The minimum absolute atomic E-state index is 0.217. The molecule has 0 radical (unpaired) electrons. The fourth-order valence-corrected chi connectivity index (χ4v) is 3.61. The number of hydrogen-bond donors (Lipinski definition) is 2. The van der Waals surface area contributed by atoms with Crippen LogP contribution in [0.4, 0.5) is 0 Å². The van der Waals surface area contributed by atoms with E-state index in [2.05, 4.69) is 6.92 Å². The molecule has 28 heavy (non-hydrogen) atoms. The van der Waals surface area contributed by atoms with Gasteiger partial charge in [0, 0.05) is 6.42 Å². The molecule has 0 bridgehead atoms. The molecule has 1 unspecified atom stereocenters. The second-order valence-electron chi connectivity index (χ2n) is 8.36. The molecular formula is C25H48O3. The molecule has 0 saturated carbocycles. The molecule has 1 atom stereocenters. The minimum atomic E-state index is -1.25. The Hall–Kier alpha value is -0.830. The number of unbranched alkanes of at least 4 members (excludes halogenated alkanes) is 18. The molecule has 0 heterocycles. The van der Waals surface area contributed by atoms with Gasteiger partial charge in [0.25, 0.3) is 0 Å². The predicted molar refractivity (Wildman–Crippen MR) is 121 cm³/mol. The molecule has 0 aliphatic heterocycles. The van der Waals surface area contributed by atoms with Gasteiger partial charge in [-0.15, -0.1) is 0 Å². The second-order valence-corrected chi connectivity index (χ2v) is 8.36. The van der Waals surface area contributed by atoms with Crippen LogP contribution in [-0.4, -0.2) is 22.3 Å². The number of carboxylic acids is 1. The maximum absolute atomic E-state index is 10.5. The van der Waals surface area contributed by atoms with E-state index in [1.165, 1.54) is 109 Å². The Morgan fingerprint density at radius 2 is 1.00 bits per heavy atom. The van der Waals surface area contributed by atoms with E-state index in [0.29, 0.717) is 0 Å². The van der Waals surface area contributed by atoms with Crippen molar-refractivity contribution in [1.82, 2.24) is 0 Å². The molecule has 0 amide bonds. The van der Waals surface area contributed by atoms with Gasteiger partial charge in [0.05, 0.1) is 0 Å². The Labute approximate surface area is 175 Å². The molecule has 0 saturated heterocycles. The van der Waals surface area contributed by atoms with Crippen molar-refractivity contribution in [3.63, 3.8) is 0 Å². The molecule has 3 heteroatoms. The number of carbonyl (C=O) groups is 1. The number of aliphatic hydroxyl groups is 1. The van der Waals surface area contributed by atoms with Gasteiger partial charge in [-0.3, -0.25) is 0 Å². The third-order valence-corrected chi connectivity index (χ3v) is 5.54. The van der Waals surface area contributed by atoms with Crippen molar-refractivity contribution in [2.45, 2.75) is 141 Å². The fourth-order valence-electron chi connectivity index (χ4n) is 3.61. The Morgan fingerprint density at radius 1 is 0.643 bits per heavy atom. The van der Waals surface area contributed by atoms with E-state index in [1.807, 2.05) is 6.08 Å². The summed E-state index contributed by atoms with van der Waals surface area (Å²) in [5.74, 6) is -1.14. The Kier molecular flexibility index (Phi) is 21.8. The fraction of sp³-hybridized carbons (Fsp3) is 0.880. The van der Waals surface area contributed by atoms with Crippen LogP contribution in [0, 0.1) is 0 Å². The summed E-state index contributed by atoms with van der Waals surface area (Å²) < 4.78 is 0. The maximum atomic E-state index is 10.5. The van der Waals surface area contributed by atoms with Gasteiger partial charge in [-0.05, 0) is 12.8 Å². The lowest BCUT2D eigenvalue weighted by Gasteiger charge is -2.03. The van der Waals surface area contributed by atoms with Crippen LogP contribution in [0.2, 0.25) is 0 Å². The quantitative estimate of drug-likeness (QED) is 0.145.